The Hall–Kier alpha value is -1.51. The van der Waals surface area contributed by atoms with Crippen LogP contribution in [0.15, 0.2) is 0 Å². The van der Waals surface area contributed by atoms with E-state index in [1.165, 1.54) is 0 Å². The predicted octanol–water partition coefficient (Wildman–Crippen LogP) is 7.36. The molecular formula is C15H13F21N+. The van der Waals surface area contributed by atoms with E-state index in [4.69, 9.17) is 0 Å². The molecule has 0 bridgehead atoms. The summed E-state index contributed by atoms with van der Waals surface area (Å²) in [5, 5.41) is 0. The van der Waals surface area contributed by atoms with Gasteiger partial charge in [0.1, 0.15) is 0 Å². The van der Waals surface area contributed by atoms with Gasteiger partial charge in [-0.2, -0.15) is 92.2 Å². The minimum Gasteiger partial charge on any atom is -0.331 e. The van der Waals surface area contributed by atoms with E-state index in [-0.39, 0.29) is 0 Å². The highest BCUT2D eigenvalue weighted by Crippen LogP contribution is 2.66. The van der Waals surface area contributed by atoms with Crippen LogP contribution in [-0.2, 0) is 0 Å². The van der Waals surface area contributed by atoms with Crippen LogP contribution in [0.5, 0.6) is 0 Å². The van der Waals surface area contributed by atoms with E-state index in [2.05, 4.69) is 0 Å². The number of nitrogens with zero attached hydrogens (tertiary/aromatic N) is 1. The molecule has 0 atom stereocenters. The summed E-state index contributed by atoms with van der Waals surface area (Å²) >= 11 is 0. The second-order valence-electron chi connectivity index (χ2n) is 8.56. The lowest BCUT2D eigenvalue weighted by atomic mass is 9.86. The van der Waals surface area contributed by atoms with Gasteiger partial charge < -0.3 is 4.48 Å². The fourth-order valence-corrected chi connectivity index (χ4v) is 2.22. The Morgan fingerprint density at radius 3 is 0.784 bits per heavy atom. The Bertz CT molecular complexity index is 815. The molecule has 37 heavy (non-hydrogen) atoms. The van der Waals surface area contributed by atoms with Crippen molar-refractivity contribution in [2.24, 2.45) is 0 Å². The number of rotatable bonds is 11. The van der Waals surface area contributed by atoms with Gasteiger partial charge in [0.25, 0.3) is 0 Å². The normalized spacial score (nSPS) is 16.9. The molecule has 0 rings (SSSR count). The van der Waals surface area contributed by atoms with E-state index in [0.717, 1.165) is 21.1 Å². The van der Waals surface area contributed by atoms with Crippen molar-refractivity contribution in [1.82, 2.24) is 0 Å². The summed E-state index contributed by atoms with van der Waals surface area (Å²) in [5.74, 6) is -76.4. The standard InChI is InChI=1S/C15H13F21N/c1-37(2,3)5-4-6(16,17)7(18,19)8(20,21)9(22,23)10(24,25)11(26,27)12(28,29)13(30,31)14(32,33)15(34,35)36/h4-5H2,1-3H3/q+1. The van der Waals surface area contributed by atoms with Crippen molar-refractivity contribution < 1.29 is 96.7 Å². The van der Waals surface area contributed by atoms with Crippen molar-refractivity contribution in [1.29, 1.82) is 0 Å². The lowest BCUT2D eigenvalue weighted by molar-refractivity contribution is -0.871. The molecule has 0 aliphatic heterocycles. The quantitative estimate of drug-likeness (QED) is 0.170. The van der Waals surface area contributed by atoms with Crippen molar-refractivity contribution in [3.63, 3.8) is 0 Å². The molecule has 0 unspecified atom stereocenters. The number of halogens is 21. The monoisotopic (exact) mass is 606 g/mol. The summed E-state index contributed by atoms with van der Waals surface area (Å²) in [6, 6.07) is 0. The van der Waals surface area contributed by atoms with E-state index >= 15 is 0 Å². The zero-order valence-corrected chi connectivity index (χ0v) is 17.8. The molecule has 0 saturated heterocycles. The van der Waals surface area contributed by atoms with Crippen LogP contribution in [0.3, 0.4) is 0 Å². The van der Waals surface area contributed by atoms with Gasteiger partial charge in [-0.1, -0.05) is 0 Å². The molecule has 0 aromatic rings. The van der Waals surface area contributed by atoms with Gasteiger partial charge >= 0.3 is 59.5 Å². The molecule has 0 N–H and O–H groups in total. The van der Waals surface area contributed by atoms with E-state index in [0.29, 0.717) is 0 Å². The molecule has 0 radical (unpaired) electrons. The highest BCUT2D eigenvalue weighted by Gasteiger charge is 2.97. The van der Waals surface area contributed by atoms with Crippen LogP contribution < -0.4 is 0 Å². The zero-order chi connectivity index (χ0) is 30.9. The second-order valence-corrected chi connectivity index (χ2v) is 8.56. The minimum absolute atomic E-state index is 0.837. The van der Waals surface area contributed by atoms with E-state index in [1.54, 1.807) is 0 Å². The molecule has 0 aliphatic carbocycles. The average Bonchev–Trinajstić information content (AvgIpc) is 2.63. The van der Waals surface area contributed by atoms with Gasteiger partial charge in [-0.3, -0.25) is 0 Å². The summed E-state index contributed by atoms with van der Waals surface area (Å²) in [7, 11) is 2.69. The third-order valence-electron chi connectivity index (χ3n) is 4.67. The van der Waals surface area contributed by atoms with Crippen LogP contribution in [0.25, 0.3) is 0 Å². The SMILES string of the molecule is C[N+](C)(C)CCC(F)(F)C(F)(F)C(F)(F)C(F)(F)C(F)(F)C(F)(F)C(F)(F)C(F)(F)C(F)(F)C(F)(F)F. The van der Waals surface area contributed by atoms with E-state index < -0.39 is 76.9 Å². The Kier molecular flexibility index (Phi) is 8.39. The van der Waals surface area contributed by atoms with Gasteiger partial charge in [0.15, 0.2) is 0 Å². The molecule has 0 heterocycles. The Morgan fingerprint density at radius 2 is 0.568 bits per heavy atom. The van der Waals surface area contributed by atoms with Crippen LogP contribution in [0.2, 0.25) is 0 Å². The molecule has 0 aliphatic rings. The molecule has 0 aromatic carbocycles. The van der Waals surface area contributed by atoms with Crippen LogP contribution in [0, 0.1) is 0 Å². The van der Waals surface area contributed by atoms with Crippen molar-refractivity contribution in [3.8, 4) is 0 Å². The smallest absolute Gasteiger partial charge is 0.331 e. The molecule has 0 spiro atoms. The lowest BCUT2D eigenvalue weighted by Crippen LogP contribution is -2.76. The van der Waals surface area contributed by atoms with Gasteiger partial charge in [-0.15, -0.1) is 0 Å². The maximum Gasteiger partial charge on any atom is 0.460 e. The highest BCUT2D eigenvalue weighted by atomic mass is 19.4. The third kappa shape index (κ3) is 4.87. The highest BCUT2D eigenvalue weighted by molar-refractivity contribution is 5.17. The Labute approximate surface area is 191 Å². The fourth-order valence-electron chi connectivity index (χ4n) is 2.22. The summed E-state index contributed by atoms with van der Waals surface area (Å²) in [6.07, 6.45) is -10.6. The zero-order valence-electron chi connectivity index (χ0n) is 17.8. The first-order chi connectivity index (χ1) is 15.5. The van der Waals surface area contributed by atoms with Gasteiger partial charge in [0.2, 0.25) is 0 Å². The maximum absolute atomic E-state index is 13.7. The molecule has 224 valence electrons. The molecule has 0 aromatic heterocycles. The Morgan fingerprint density at radius 1 is 0.351 bits per heavy atom. The van der Waals surface area contributed by atoms with Crippen molar-refractivity contribution in [2.75, 3.05) is 27.7 Å². The van der Waals surface area contributed by atoms with E-state index in [9.17, 15) is 92.2 Å². The molecule has 0 amide bonds. The summed E-state index contributed by atoms with van der Waals surface area (Å²) in [4.78, 5) is 0. The van der Waals surface area contributed by atoms with Gasteiger partial charge in [0.05, 0.1) is 34.1 Å². The number of hydrogen-bond donors (Lipinski definition) is 0. The lowest BCUT2D eigenvalue weighted by Gasteiger charge is -2.44. The Balaban J connectivity index is 6.95. The largest absolute Gasteiger partial charge is 0.460 e. The molecule has 22 heteroatoms. The van der Waals surface area contributed by atoms with Crippen molar-refractivity contribution in [2.45, 2.75) is 65.9 Å². The molecule has 0 saturated carbocycles. The van der Waals surface area contributed by atoms with Crippen LogP contribution in [-0.4, -0.2) is 91.6 Å². The van der Waals surface area contributed by atoms with Crippen LogP contribution in [0.4, 0.5) is 92.2 Å². The first-order valence-corrected chi connectivity index (χ1v) is 8.73. The maximum atomic E-state index is 13.7. The summed E-state index contributed by atoms with van der Waals surface area (Å²) in [6.45, 7) is -1.35. The molecule has 1 nitrogen and oxygen atoms in total. The third-order valence-corrected chi connectivity index (χ3v) is 4.67. The molecule has 0 fully saturated rings. The second kappa shape index (κ2) is 8.75. The minimum atomic E-state index is -9.14. The molecular weight excluding hydrogens is 593 g/mol. The van der Waals surface area contributed by atoms with Crippen LogP contribution >= 0.6 is 0 Å². The number of quaternary nitrogens is 1. The van der Waals surface area contributed by atoms with Crippen LogP contribution in [0.1, 0.15) is 6.42 Å². The fraction of sp³-hybridized carbons (Fsp3) is 1.00. The van der Waals surface area contributed by atoms with Gasteiger partial charge in [-0.05, 0) is 0 Å². The first kappa shape index (κ1) is 35.5. The van der Waals surface area contributed by atoms with Gasteiger partial charge in [-0.25, -0.2) is 0 Å². The summed E-state index contributed by atoms with van der Waals surface area (Å²) < 4.78 is 277. The topological polar surface area (TPSA) is 0 Å². The number of alkyl halides is 21. The van der Waals surface area contributed by atoms with E-state index in [1.807, 2.05) is 0 Å². The van der Waals surface area contributed by atoms with Gasteiger partial charge in [0, 0.05) is 0 Å². The van der Waals surface area contributed by atoms with Crippen molar-refractivity contribution in [3.05, 3.63) is 0 Å². The first-order valence-electron chi connectivity index (χ1n) is 8.73. The average molecular weight is 606 g/mol. The number of hydrogen-bond acceptors (Lipinski definition) is 0. The summed E-state index contributed by atoms with van der Waals surface area (Å²) in [5.41, 5.74) is 0. The van der Waals surface area contributed by atoms with Crippen molar-refractivity contribution >= 4 is 0 Å². The predicted molar refractivity (Wildman–Crippen MR) is 78.1 cm³/mol.